The monoisotopic (exact) mass is 645 g/mol. The van der Waals surface area contributed by atoms with Gasteiger partial charge in [-0.1, -0.05) is 0 Å². The van der Waals surface area contributed by atoms with Crippen LogP contribution in [0.3, 0.4) is 0 Å². The fourth-order valence-corrected chi connectivity index (χ4v) is 5.84. The van der Waals surface area contributed by atoms with Gasteiger partial charge in [-0.3, -0.25) is 23.4 Å². The van der Waals surface area contributed by atoms with Gasteiger partial charge in [-0.25, -0.2) is 24.0 Å². The zero-order valence-corrected chi connectivity index (χ0v) is 22.9. The van der Waals surface area contributed by atoms with Gasteiger partial charge in [-0.15, -0.1) is 0 Å². The standard InChI is InChI=1S/C18H24N4O16P2S/c23-9-1-3-21(17(28)19-9)15-12(26)11(25)7(36-15)5-35-40(33,41)38-14-8(6-34-39(30,31)32)37-16(13(14)27)22-4-2-10(24)20-18(22)29/h1-4,7-8,11-16,25-27H,5-6H2,(H,33,41)(H,19,23,28)(H,20,24,29)(H2,30,31,32)/p-1/t7-,8-,11-,12-,13-,14-,15-,16-,40?/m1/s1. The van der Waals surface area contributed by atoms with E-state index in [2.05, 4.69) is 9.51 Å². The molecule has 9 atom stereocenters. The molecule has 2 aromatic rings. The molecule has 0 bridgehead atoms. The van der Waals surface area contributed by atoms with Crippen molar-refractivity contribution >= 4 is 27.2 Å². The number of aromatic amines is 1. The van der Waals surface area contributed by atoms with E-state index in [0.29, 0.717) is 0 Å². The number of nitrogens with one attached hydrogen (secondary N) is 1. The zero-order chi connectivity index (χ0) is 30.3. The third-order valence-electron chi connectivity index (χ3n) is 5.91. The topological polar surface area (TPSA) is 297 Å². The van der Waals surface area contributed by atoms with Gasteiger partial charge in [0.2, 0.25) is 0 Å². The largest absolute Gasteiger partial charge is 0.858 e. The van der Waals surface area contributed by atoms with Crippen LogP contribution in [0.1, 0.15) is 12.5 Å². The lowest BCUT2D eigenvalue weighted by atomic mass is 10.1. The molecular formula is C18H23N4O16P2S-. The maximum atomic E-state index is 12.2. The van der Waals surface area contributed by atoms with Gasteiger partial charge >= 0.3 is 19.2 Å². The summed E-state index contributed by atoms with van der Waals surface area (Å²) in [7, 11) is -9.48. The fraction of sp³-hybridized carbons (Fsp3) is 0.556. The van der Waals surface area contributed by atoms with Crippen LogP contribution in [-0.4, -0.2) is 98.9 Å². The second-order valence-corrected chi connectivity index (χ2v) is 12.7. The van der Waals surface area contributed by atoms with E-state index >= 15 is 0 Å². The Labute approximate surface area is 233 Å². The Morgan fingerprint density at radius 2 is 1.66 bits per heavy atom. The molecule has 23 heteroatoms. The first kappa shape index (κ1) is 31.9. The first-order valence-electron chi connectivity index (χ1n) is 11.3. The van der Waals surface area contributed by atoms with E-state index in [-0.39, 0.29) is 0 Å². The second kappa shape index (κ2) is 12.3. The number of nitrogens with zero attached hydrogens (tertiary/aromatic N) is 3. The maximum Gasteiger partial charge on any atom is 0.469 e. The normalized spacial score (nSPS) is 31.8. The average Bonchev–Trinajstić information content (AvgIpc) is 3.31. The molecule has 41 heavy (non-hydrogen) atoms. The molecule has 4 rings (SSSR count). The molecule has 228 valence electrons. The van der Waals surface area contributed by atoms with Crippen LogP contribution in [0, 0.1) is 0 Å². The molecule has 4 heterocycles. The third kappa shape index (κ3) is 7.48. The number of aliphatic hydroxyl groups excluding tert-OH is 3. The number of hydrogen-bond donors (Lipinski definition) is 7. The SMILES string of the molecule is O=c1ccn([C@@H]2O[C@H](COP(=O)(O)O)[C@@H](O[P+](O)([S-])OC[C@H]3O[C@@H](n4ccc([O-])nc4=O)[C@H](O)[C@@H]3O)[C@H]2O)c(=O)[nH]1. The summed E-state index contributed by atoms with van der Waals surface area (Å²) in [6.07, 6.45) is -11.0. The van der Waals surface area contributed by atoms with Gasteiger partial charge in [0.05, 0.1) is 6.61 Å². The van der Waals surface area contributed by atoms with Gasteiger partial charge in [0.25, 0.3) is 12.7 Å². The predicted molar refractivity (Wildman–Crippen MR) is 130 cm³/mol. The van der Waals surface area contributed by atoms with E-state index in [0.717, 1.165) is 33.7 Å². The molecule has 2 aromatic heterocycles. The zero-order valence-electron chi connectivity index (χ0n) is 20.3. The minimum Gasteiger partial charge on any atom is -0.858 e. The van der Waals surface area contributed by atoms with Gasteiger partial charge in [-0.2, -0.15) is 9.05 Å². The Balaban J connectivity index is 1.47. The highest BCUT2D eigenvalue weighted by molar-refractivity contribution is 8.35. The molecule has 7 N–H and O–H groups in total. The Hall–Kier alpha value is -2.07. The molecular weight excluding hydrogens is 622 g/mol. The maximum absolute atomic E-state index is 12.2. The van der Waals surface area contributed by atoms with Crippen LogP contribution in [-0.2, 0) is 39.9 Å². The summed E-state index contributed by atoms with van der Waals surface area (Å²) in [5, 5.41) is 42.7. The number of phosphoric ester groups is 1. The molecule has 0 radical (unpaired) electrons. The second-order valence-electron chi connectivity index (χ2n) is 8.70. The van der Waals surface area contributed by atoms with Crippen molar-refractivity contribution in [3.05, 3.63) is 55.8 Å². The van der Waals surface area contributed by atoms with E-state index in [4.69, 9.17) is 40.6 Å². The minimum absolute atomic E-state index is 0.736. The predicted octanol–water partition coefficient (Wildman–Crippen LogP) is -4.53. The first-order valence-corrected chi connectivity index (χ1v) is 15.5. The molecule has 2 aliphatic heterocycles. The lowest BCUT2D eigenvalue weighted by Crippen LogP contribution is -2.39. The van der Waals surface area contributed by atoms with Gasteiger partial charge in [0, 0.05) is 18.5 Å². The quantitative estimate of drug-likeness (QED) is 0.0945. The first-order chi connectivity index (χ1) is 19.1. The van der Waals surface area contributed by atoms with Crippen molar-refractivity contribution in [2.75, 3.05) is 13.2 Å². The molecule has 0 aromatic carbocycles. The summed E-state index contributed by atoms with van der Waals surface area (Å²) in [4.78, 5) is 69.4. The Morgan fingerprint density at radius 3 is 2.29 bits per heavy atom. The van der Waals surface area contributed by atoms with Crippen molar-refractivity contribution in [2.24, 2.45) is 0 Å². The molecule has 0 saturated carbocycles. The van der Waals surface area contributed by atoms with Crippen LogP contribution >= 0.6 is 15.0 Å². The molecule has 0 amide bonds. The smallest absolute Gasteiger partial charge is 0.469 e. The van der Waals surface area contributed by atoms with Crippen molar-refractivity contribution in [1.82, 2.24) is 19.1 Å². The summed E-state index contributed by atoms with van der Waals surface area (Å²) < 4.78 is 38.5. The number of hydrogen-bond acceptors (Lipinski definition) is 16. The molecule has 20 nitrogen and oxygen atoms in total. The Morgan fingerprint density at radius 1 is 1.02 bits per heavy atom. The van der Waals surface area contributed by atoms with Gasteiger partial charge < -0.3 is 51.9 Å². The molecule has 2 aliphatic rings. The number of H-pyrrole nitrogens is 1. The van der Waals surface area contributed by atoms with Gasteiger partial charge in [0.1, 0.15) is 37.1 Å². The number of phosphoric acid groups is 1. The van der Waals surface area contributed by atoms with Gasteiger partial charge in [0.15, 0.2) is 18.6 Å². The lowest BCUT2D eigenvalue weighted by Gasteiger charge is -2.28. The average molecular weight is 645 g/mol. The Bertz CT molecular complexity index is 1460. The van der Waals surface area contributed by atoms with Crippen molar-refractivity contribution in [3.8, 4) is 5.88 Å². The molecule has 2 fully saturated rings. The van der Waals surface area contributed by atoms with Crippen LogP contribution in [0.4, 0.5) is 0 Å². The van der Waals surface area contributed by atoms with E-state index < -0.39 is 100 Å². The van der Waals surface area contributed by atoms with E-state index in [1.165, 1.54) is 0 Å². The van der Waals surface area contributed by atoms with Crippen LogP contribution in [0.5, 0.6) is 5.88 Å². The van der Waals surface area contributed by atoms with Crippen molar-refractivity contribution in [3.63, 3.8) is 0 Å². The van der Waals surface area contributed by atoms with Gasteiger partial charge in [-0.05, 0) is 11.9 Å². The van der Waals surface area contributed by atoms with Crippen molar-refractivity contribution in [1.29, 1.82) is 0 Å². The van der Waals surface area contributed by atoms with E-state index in [9.17, 15) is 44.3 Å². The van der Waals surface area contributed by atoms with Crippen molar-refractivity contribution < 1.29 is 62.7 Å². The molecule has 1 unspecified atom stereocenters. The summed E-state index contributed by atoms with van der Waals surface area (Å²) in [5.41, 5.74) is -2.85. The number of ether oxygens (including phenoxy) is 2. The fourth-order valence-electron chi connectivity index (χ4n) is 4.05. The van der Waals surface area contributed by atoms with Crippen LogP contribution in [0.2, 0.25) is 0 Å². The molecule has 2 saturated heterocycles. The molecule has 0 spiro atoms. The molecule has 0 aliphatic carbocycles. The number of aromatic nitrogens is 4. The van der Waals surface area contributed by atoms with Crippen LogP contribution < -0.4 is 22.0 Å². The number of rotatable bonds is 10. The summed E-state index contributed by atoms with van der Waals surface area (Å²) in [5.74, 6) is -0.840. The van der Waals surface area contributed by atoms with Crippen LogP contribution in [0.25, 0.3) is 0 Å². The van der Waals surface area contributed by atoms with Crippen LogP contribution in [0.15, 0.2) is 38.9 Å². The lowest BCUT2D eigenvalue weighted by molar-refractivity contribution is -0.275. The third-order valence-corrected chi connectivity index (χ3v) is 7.96. The summed E-state index contributed by atoms with van der Waals surface area (Å²) in [6, 6.07) is 1.85. The highest BCUT2D eigenvalue weighted by atomic mass is 32.7. The van der Waals surface area contributed by atoms with E-state index in [1.54, 1.807) is 0 Å². The number of aliphatic hydroxyl groups is 3. The van der Waals surface area contributed by atoms with E-state index in [1.807, 2.05) is 4.98 Å². The Kier molecular flexibility index (Phi) is 9.53. The summed E-state index contributed by atoms with van der Waals surface area (Å²) >= 11 is 4.95. The highest BCUT2D eigenvalue weighted by Gasteiger charge is 2.52. The van der Waals surface area contributed by atoms with Crippen molar-refractivity contribution in [2.45, 2.75) is 49.1 Å². The highest BCUT2D eigenvalue weighted by Crippen LogP contribution is 2.58. The minimum atomic E-state index is -5.06. The summed E-state index contributed by atoms with van der Waals surface area (Å²) in [6.45, 7) is -1.65.